The Labute approximate surface area is 104 Å². The van der Waals surface area contributed by atoms with E-state index in [1.54, 1.807) is 6.08 Å². The van der Waals surface area contributed by atoms with Crippen molar-refractivity contribution in [3.05, 3.63) is 35.9 Å². The summed E-state index contributed by atoms with van der Waals surface area (Å²) in [5.41, 5.74) is 1.87. The maximum Gasteiger partial charge on any atom is 0.161 e. The Kier molecular flexibility index (Phi) is 4.11. The van der Waals surface area contributed by atoms with Crippen molar-refractivity contribution in [3.8, 4) is 0 Å². The van der Waals surface area contributed by atoms with Gasteiger partial charge in [-0.1, -0.05) is 39.0 Å². The quantitative estimate of drug-likeness (QED) is 0.743. The van der Waals surface area contributed by atoms with Gasteiger partial charge in [0.1, 0.15) is 0 Å². The van der Waals surface area contributed by atoms with E-state index < -0.39 is 0 Å². The van der Waals surface area contributed by atoms with Gasteiger partial charge >= 0.3 is 0 Å². The highest BCUT2D eigenvalue weighted by Gasteiger charge is 2.17. The smallest absolute Gasteiger partial charge is 0.161 e. The first-order valence-corrected chi connectivity index (χ1v) is 5.80. The minimum atomic E-state index is -0.310. The van der Waals surface area contributed by atoms with Gasteiger partial charge in [-0.15, -0.1) is 0 Å². The number of benzene rings is 1. The first-order chi connectivity index (χ1) is 7.80. The number of carbonyl (C=O) groups excluding carboxylic acids is 1. The van der Waals surface area contributed by atoms with Crippen LogP contribution >= 0.6 is 0 Å². The lowest BCUT2D eigenvalue weighted by molar-refractivity contribution is -0.121. The predicted molar refractivity (Wildman–Crippen MR) is 74.3 cm³/mol. The third-order valence-electron chi connectivity index (χ3n) is 2.55. The molecular formula is C15H21NO. The molecule has 0 heterocycles. The number of allylic oxidation sites excluding steroid dienone is 1. The van der Waals surface area contributed by atoms with Crippen molar-refractivity contribution in [1.82, 2.24) is 0 Å². The molecule has 0 aliphatic rings. The molecule has 17 heavy (non-hydrogen) atoms. The minimum Gasteiger partial charge on any atom is -0.378 e. The first kappa shape index (κ1) is 13.5. The zero-order valence-corrected chi connectivity index (χ0v) is 11.3. The van der Waals surface area contributed by atoms with Crippen LogP contribution < -0.4 is 4.90 Å². The summed E-state index contributed by atoms with van der Waals surface area (Å²) in [7, 11) is 4.01. The molecule has 0 atom stereocenters. The number of hydrogen-bond donors (Lipinski definition) is 0. The summed E-state index contributed by atoms with van der Waals surface area (Å²) in [5, 5.41) is 0. The fraction of sp³-hybridized carbons (Fsp3) is 0.400. The summed E-state index contributed by atoms with van der Waals surface area (Å²) in [5.74, 6) is 0.146. The van der Waals surface area contributed by atoms with E-state index in [9.17, 15) is 4.79 Å². The predicted octanol–water partition coefficient (Wildman–Crippen LogP) is 3.38. The maximum absolute atomic E-state index is 11.8. The Morgan fingerprint density at radius 2 is 1.88 bits per heavy atom. The van der Waals surface area contributed by atoms with Gasteiger partial charge in [-0.3, -0.25) is 4.79 Å². The Bertz CT molecular complexity index is 425. The number of hydrogen-bond acceptors (Lipinski definition) is 2. The van der Waals surface area contributed by atoms with E-state index in [4.69, 9.17) is 0 Å². The summed E-state index contributed by atoms with van der Waals surface area (Å²) in [6, 6.07) is 8.10. The molecule has 0 saturated heterocycles. The number of nitrogens with zero attached hydrogens (tertiary/aromatic N) is 1. The molecule has 2 nitrogen and oxygen atoms in total. The third kappa shape index (κ3) is 4.06. The zero-order valence-electron chi connectivity index (χ0n) is 11.3. The molecule has 0 N–H and O–H groups in total. The van der Waals surface area contributed by atoms with Gasteiger partial charge in [0.25, 0.3) is 0 Å². The molecule has 0 spiro atoms. The normalized spacial score (nSPS) is 11.8. The second kappa shape index (κ2) is 5.17. The SMILES string of the molecule is CN(C)c1cccc(/C=C/C(=O)C(C)(C)C)c1. The van der Waals surface area contributed by atoms with E-state index in [1.807, 2.05) is 64.0 Å². The van der Waals surface area contributed by atoms with Gasteiger partial charge < -0.3 is 4.90 Å². The van der Waals surface area contributed by atoms with Crippen LogP contribution in [0.15, 0.2) is 30.3 Å². The summed E-state index contributed by atoms with van der Waals surface area (Å²) < 4.78 is 0. The summed E-state index contributed by atoms with van der Waals surface area (Å²) in [6.07, 6.45) is 3.54. The topological polar surface area (TPSA) is 20.3 Å². The average molecular weight is 231 g/mol. The van der Waals surface area contributed by atoms with E-state index in [1.165, 1.54) is 0 Å². The monoisotopic (exact) mass is 231 g/mol. The Balaban J connectivity index is 2.85. The number of anilines is 1. The van der Waals surface area contributed by atoms with Crippen LogP contribution in [-0.2, 0) is 4.79 Å². The van der Waals surface area contributed by atoms with E-state index in [0.717, 1.165) is 11.3 Å². The molecule has 0 amide bonds. The van der Waals surface area contributed by atoms with Crippen LogP contribution in [0.5, 0.6) is 0 Å². The molecule has 1 rings (SSSR count). The molecule has 2 heteroatoms. The molecule has 0 saturated carbocycles. The van der Waals surface area contributed by atoms with Crippen molar-refractivity contribution in [2.24, 2.45) is 5.41 Å². The highest BCUT2D eigenvalue weighted by molar-refractivity contribution is 5.97. The van der Waals surface area contributed by atoms with Gasteiger partial charge in [-0.25, -0.2) is 0 Å². The van der Waals surface area contributed by atoms with Gasteiger partial charge in [-0.2, -0.15) is 0 Å². The molecule has 1 aromatic rings. The third-order valence-corrected chi connectivity index (χ3v) is 2.55. The van der Waals surface area contributed by atoms with Gasteiger partial charge in [-0.05, 0) is 23.8 Å². The van der Waals surface area contributed by atoms with E-state index in [0.29, 0.717) is 0 Å². The molecule has 0 aliphatic heterocycles. The number of rotatable bonds is 3. The Morgan fingerprint density at radius 3 is 2.41 bits per heavy atom. The fourth-order valence-corrected chi connectivity index (χ4v) is 1.33. The van der Waals surface area contributed by atoms with E-state index in [-0.39, 0.29) is 11.2 Å². The largest absolute Gasteiger partial charge is 0.378 e. The Morgan fingerprint density at radius 1 is 1.24 bits per heavy atom. The van der Waals surface area contributed by atoms with Crippen molar-refractivity contribution in [1.29, 1.82) is 0 Å². The van der Waals surface area contributed by atoms with Crippen LogP contribution in [0.4, 0.5) is 5.69 Å². The van der Waals surface area contributed by atoms with Gasteiger partial charge in [0, 0.05) is 25.2 Å². The summed E-state index contributed by atoms with van der Waals surface area (Å²) in [6.45, 7) is 5.78. The van der Waals surface area contributed by atoms with Crippen molar-refractivity contribution < 1.29 is 4.79 Å². The lowest BCUT2D eigenvalue weighted by Crippen LogP contribution is -2.17. The summed E-state index contributed by atoms with van der Waals surface area (Å²) in [4.78, 5) is 13.8. The summed E-state index contributed by atoms with van der Waals surface area (Å²) >= 11 is 0. The maximum atomic E-state index is 11.8. The molecule has 0 aliphatic carbocycles. The molecule has 0 fully saturated rings. The molecule has 0 radical (unpaired) electrons. The van der Waals surface area contributed by atoms with Crippen LogP contribution in [0.3, 0.4) is 0 Å². The van der Waals surface area contributed by atoms with Crippen LogP contribution in [0.25, 0.3) is 6.08 Å². The van der Waals surface area contributed by atoms with Crippen LogP contribution in [-0.4, -0.2) is 19.9 Å². The minimum absolute atomic E-state index is 0.146. The molecular weight excluding hydrogens is 210 g/mol. The molecule has 0 bridgehead atoms. The van der Waals surface area contributed by atoms with Gasteiger partial charge in [0.05, 0.1) is 0 Å². The van der Waals surface area contributed by atoms with Gasteiger partial charge in [0.2, 0.25) is 0 Å². The zero-order chi connectivity index (χ0) is 13.1. The van der Waals surface area contributed by atoms with Crippen molar-refractivity contribution >= 4 is 17.5 Å². The lowest BCUT2D eigenvalue weighted by Gasteiger charge is -2.14. The average Bonchev–Trinajstić information content (AvgIpc) is 2.25. The number of ketones is 1. The molecule has 92 valence electrons. The molecule has 0 aromatic heterocycles. The van der Waals surface area contributed by atoms with E-state index >= 15 is 0 Å². The van der Waals surface area contributed by atoms with Crippen molar-refractivity contribution in [2.45, 2.75) is 20.8 Å². The first-order valence-electron chi connectivity index (χ1n) is 5.80. The lowest BCUT2D eigenvalue weighted by atomic mass is 9.90. The van der Waals surface area contributed by atoms with Crippen LogP contribution in [0, 0.1) is 5.41 Å². The van der Waals surface area contributed by atoms with Gasteiger partial charge in [0.15, 0.2) is 5.78 Å². The highest BCUT2D eigenvalue weighted by atomic mass is 16.1. The van der Waals surface area contributed by atoms with Crippen LogP contribution in [0.2, 0.25) is 0 Å². The number of carbonyl (C=O) groups is 1. The fourth-order valence-electron chi connectivity index (χ4n) is 1.33. The standard InChI is InChI=1S/C15H21NO/c1-15(2,3)14(17)10-9-12-7-6-8-13(11-12)16(4)5/h6-11H,1-5H3/b10-9+. The second-order valence-electron chi connectivity index (χ2n) is 5.44. The second-order valence-corrected chi connectivity index (χ2v) is 5.44. The molecule has 0 unspecified atom stereocenters. The van der Waals surface area contributed by atoms with Crippen molar-refractivity contribution in [2.75, 3.05) is 19.0 Å². The Hall–Kier alpha value is -1.57. The molecule has 1 aromatic carbocycles. The van der Waals surface area contributed by atoms with E-state index in [2.05, 4.69) is 6.07 Å². The van der Waals surface area contributed by atoms with Crippen molar-refractivity contribution in [3.63, 3.8) is 0 Å². The van der Waals surface area contributed by atoms with Crippen LogP contribution in [0.1, 0.15) is 26.3 Å². The highest BCUT2D eigenvalue weighted by Crippen LogP contribution is 2.18.